The molecular formula is C18H20N4O5. The van der Waals surface area contributed by atoms with Crippen molar-refractivity contribution in [3.63, 3.8) is 0 Å². The lowest BCUT2D eigenvalue weighted by Crippen LogP contribution is -2.38. The van der Waals surface area contributed by atoms with Crippen LogP contribution in [0.3, 0.4) is 0 Å². The number of ether oxygens (including phenoxy) is 1. The first-order chi connectivity index (χ1) is 12.9. The molecule has 27 heavy (non-hydrogen) atoms. The first kappa shape index (κ1) is 19.7. The summed E-state index contributed by atoms with van der Waals surface area (Å²) in [6, 6.07) is 12.7. The van der Waals surface area contributed by atoms with Crippen LogP contribution in [0.2, 0.25) is 0 Å². The number of carbonyl (C=O) groups is 2. The third-order valence-corrected chi connectivity index (χ3v) is 3.66. The van der Waals surface area contributed by atoms with Crippen LogP contribution in [0.25, 0.3) is 0 Å². The number of nitrogens with zero attached hydrogens (tertiary/aromatic N) is 2. The number of rotatable bonds is 8. The molecule has 0 aliphatic heterocycles. The molecule has 0 saturated heterocycles. The van der Waals surface area contributed by atoms with Crippen LogP contribution < -0.4 is 15.4 Å². The maximum Gasteiger partial charge on any atom is 0.271 e. The van der Waals surface area contributed by atoms with E-state index in [9.17, 15) is 19.7 Å². The average molecular weight is 372 g/mol. The fourth-order valence-electron chi connectivity index (χ4n) is 2.25. The molecule has 0 atom stereocenters. The van der Waals surface area contributed by atoms with Crippen LogP contribution in [0.4, 0.5) is 17.1 Å². The molecule has 0 radical (unpaired) electrons. The van der Waals surface area contributed by atoms with Crippen molar-refractivity contribution in [1.82, 2.24) is 4.90 Å². The van der Waals surface area contributed by atoms with Gasteiger partial charge in [-0.05, 0) is 18.2 Å². The Labute approximate surface area is 156 Å². The minimum Gasteiger partial charge on any atom is -0.497 e. The van der Waals surface area contributed by atoms with Gasteiger partial charge in [0.25, 0.3) is 5.69 Å². The number of benzene rings is 2. The van der Waals surface area contributed by atoms with E-state index in [-0.39, 0.29) is 30.6 Å². The largest absolute Gasteiger partial charge is 0.497 e. The Hall–Kier alpha value is -3.62. The molecule has 2 aromatic carbocycles. The van der Waals surface area contributed by atoms with Gasteiger partial charge in [0.2, 0.25) is 11.8 Å². The number of amides is 2. The Morgan fingerprint density at radius 2 is 1.85 bits per heavy atom. The molecule has 0 aliphatic rings. The fourth-order valence-corrected chi connectivity index (χ4v) is 2.25. The molecule has 9 heteroatoms. The average Bonchev–Trinajstić information content (AvgIpc) is 2.66. The highest BCUT2D eigenvalue weighted by atomic mass is 16.6. The molecule has 0 heterocycles. The molecule has 0 spiro atoms. The molecule has 2 amide bonds. The minimum absolute atomic E-state index is 0.0709. The van der Waals surface area contributed by atoms with Gasteiger partial charge in [-0.15, -0.1) is 0 Å². The van der Waals surface area contributed by atoms with E-state index in [1.54, 1.807) is 30.3 Å². The topological polar surface area (TPSA) is 114 Å². The van der Waals surface area contributed by atoms with Gasteiger partial charge in [-0.2, -0.15) is 0 Å². The Kier molecular flexibility index (Phi) is 6.70. The van der Waals surface area contributed by atoms with Crippen molar-refractivity contribution in [2.75, 3.05) is 37.9 Å². The Morgan fingerprint density at radius 1 is 1.15 bits per heavy atom. The zero-order chi connectivity index (χ0) is 19.8. The quantitative estimate of drug-likeness (QED) is 0.542. The zero-order valence-corrected chi connectivity index (χ0v) is 15.0. The number of carbonyl (C=O) groups excluding carboxylic acids is 2. The molecule has 2 N–H and O–H groups in total. The molecule has 0 saturated carbocycles. The van der Waals surface area contributed by atoms with Crippen molar-refractivity contribution in [2.45, 2.75) is 0 Å². The van der Waals surface area contributed by atoms with Gasteiger partial charge in [0.1, 0.15) is 5.75 Å². The predicted octanol–water partition coefficient (Wildman–Crippen LogP) is 2.11. The van der Waals surface area contributed by atoms with Gasteiger partial charge < -0.3 is 20.3 Å². The highest BCUT2D eigenvalue weighted by molar-refractivity contribution is 5.95. The number of non-ortho nitro benzene ring substituents is 1. The van der Waals surface area contributed by atoms with E-state index >= 15 is 0 Å². The van der Waals surface area contributed by atoms with Crippen molar-refractivity contribution in [3.05, 3.63) is 58.6 Å². The number of nitro groups is 1. The molecule has 9 nitrogen and oxygen atoms in total. The number of methoxy groups -OCH3 is 1. The fraction of sp³-hybridized carbons (Fsp3) is 0.222. The highest BCUT2D eigenvalue weighted by Crippen LogP contribution is 2.17. The van der Waals surface area contributed by atoms with Crippen LogP contribution in [-0.2, 0) is 9.59 Å². The van der Waals surface area contributed by atoms with Crippen molar-refractivity contribution in [3.8, 4) is 5.75 Å². The third-order valence-electron chi connectivity index (χ3n) is 3.66. The second-order valence-corrected chi connectivity index (χ2v) is 5.69. The van der Waals surface area contributed by atoms with Crippen LogP contribution in [0.5, 0.6) is 5.75 Å². The molecule has 0 aliphatic carbocycles. The molecule has 2 rings (SSSR count). The van der Waals surface area contributed by atoms with Crippen molar-refractivity contribution >= 4 is 28.9 Å². The van der Waals surface area contributed by atoms with Crippen molar-refractivity contribution in [1.29, 1.82) is 0 Å². The summed E-state index contributed by atoms with van der Waals surface area (Å²) in [4.78, 5) is 35.7. The monoisotopic (exact) mass is 372 g/mol. The van der Waals surface area contributed by atoms with Crippen LogP contribution in [0.15, 0.2) is 48.5 Å². The number of hydrogen-bond acceptors (Lipinski definition) is 6. The molecule has 142 valence electrons. The van der Waals surface area contributed by atoms with E-state index in [1.165, 1.54) is 37.3 Å². The van der Waals surface area contributed by atoms with Gasteiger partial charge in [-0.25, -0.2) is 0 Å². The molecular weight excluding hydrogens is 352 g/mol. The van der Waals surface area contributed by atoms with Crippen LogP contribution in [0.1, 0.15) is 0 Å². The number of nitrogens with one attached hydrogen (secondary N) is 2. The van der Waals surface area contributed by atoms with Gasteiger partial charge >= 0.3 is 0 Å². The lowest BCUT2D eigenvalue weighted by atomic mass is 10.3. The van der Waals surface area contributed by atoms with Crippen LogP contribution in [0, 0.1) is 10.1 Å². The lowest BCUT2D eigenvalue weighted by molar-refractivity contribution is -0.384. The maximum atomic E-state index is 12.2. The normalized spacial score (nSPS) is 10.0. The summed E-state index contributed by atoms with van der Waals surface area (Å²) in [6.45, 7) is -0.225. The van der Waals surface area contributed by atoms with Crippen molar-refractivity contribution in [2.24, 2.45) is 0 Å². The molecule has 0 fully saturated rings. The smallest absolute Gasteiger partial charge is 0.271 e. The number of hydrogen-bond donors (Lipinski definition) is 2. The van der Waals surface area contributed by atoms with Crippen LogP contribution >= 0.6 is 0 Å². The number of likely N-dealkylation sites (N-methyl/N-ethyl adjacent to an activating group) is 1. The third kappa shape index (κ3) is 5.99. The molecule has 0 unspecified atom stereocenters. The van der Waals surface area contributed by atoms with E-state index in [4.69, 9.17) is 4.74 Å². The second-order valence-electron chi connectivity index (χ2n) is 5.69. The Bertz CT molecular complexity index is 840. The van der Waals surface area contributed by atoms with E-state index in [2.05, 4.69) is 10.6 Å². The maximum absolute atomic E-state index is 12.2. The van der Waals surface area contributed by atoms with Gasteiger partial charge in [-0.3, -0.25) is 19.7 Å². The van der Waals surface area contributed by atoms with E-state index in [1.807, 2.05) is 0 Å². The van der Waals surface area contributed by atoms with Gasteiger partial charge in [-0.1, -0.05) is 12.1 Å². The molecule has 0 bridgehead atoms. The molecule has 2 aromatic rings. The predicted molar refractivity (Wildman–Crippen MR) is 101 cm³/mol. The van der Waals surface area contributed by atoms with Crippen molar-refractivity contribution < 1.29 is 19.2 Å². The first-order valence-corrected chi connectivity index (χ1v) is 8.05. The Morgan fingerprint density at radius 3 is 2.56 bits per heavy atom. The van der Waals surface area contributed by atoms with Gasteiger partial charge in [0.15, 0.2) is 0 Å². The summed E-state index contributed by atoms with van der Waals surface area (Å²) in [7, 11) is 3.03. The summed E-state index contributed by atoms with van der Waals surface area (Å²) in [5.74, 6) is -0.0739. The summed E-state index contributed by atoms with van der Waals surface area (Å²) >= 11 is 0. The van der Waals surface area contributed by atoms with E-state index in [0.29, 0.717) is 17.1 Å². The summed E-state index contributed by atoms with van der Waals surface area (Å²) in [6.07, 6.45) is 0. The first-order valence-electron chi connectivity index (χ1n) is 8.05. The second kappa shape index (κ2) is 9.18. The SMILES string of the molecule is COc1cccc(NC(=O)CN(C)C(=O)CNc2cccc([N+](=O)[O-])c2)c1. The standard InChI is InChI=1S/C18H20N4O5/c1-21(12-17(23)20-14-6-4-8-16(10-14)27-2)18(24)11-19-13-5-3-7-15(9-13)22(25)26/h3-10,19H,11-12H2,1-2H3,(H,20,23). The zero-order valence-electron chi connectivity index (χ0n) is 15.0. The lowest BCUT2D eigenvalue weighted by Gasteiger charge is -2.17. The van der Waals surface area contributed by atoms with E-state index < -0.39 is 4.92 Å². The highest BCUT2D eigenvalue weighted by Gasteiger charge is 2.14. The van der Waals surface area contributed by atoms with Crippen LogP contribution in [-0.4, -0.2) is 48.9 Å². The van der Waals surface area contributed by atoms with Gasteiger partial charge in [0.05, 0.1) is 25.1 Å². The number of anilines is 2. The van der Waals surface area contributed by atoms with E-state index in [0.717, 1.165) is 0 Å². The summed E-state index contributed by atoms with van der Waals surface area (Å²) in [5.41, 5.74) is 0.945. The number of nitro benzene ring substituents is 1. The van der Waals surface area contributed by atoms with Gasteiger partial charge in [0, 0.05) is 36.6 Å². The summed E-state index contributed by atoms with van der Waals surface area (Å²) in [5, 5.41) is 16.3. The Balaban J connectivity index is 1.84. The minimum atomic E-state index is -0.512. The molecule has 0 aromatic heterocycles. The summed E-state index contributed by atoms with van der Waals surface area (Å²) < 4.78 is 5.09.